The van der Waals surface area contributed by atoms with E-state index in [1.807, 2.05) is 19.1 Å². The third kappa shape index (κ3) is 7.02. The summed E-state index contributed by atoms with van der Waals surface area (Å²) in [4.78, 5) is 18.4. The Morgan fingerprint density at radius 1 is 1.07 bits per heavy atom. The molecule has 5 rings (SSSR count). The lowest BCUT2D eigenvalue weighted by Crippen LogP contribution is -2.42. The van der Waals surface area contributed by atoms with Crippen LogP contribution in [-0.4, -0.2) is 68.2 Å². The zero-order valence-corrected chi connectivity index (χ0v) is 25.7. The number of anilines is 1. The SMILES string of the molecule is COc1ccc(-n2cc(-c3ccc(Cl)cc3)nc2NC(=O)CN(C[C@H]2CCCO2)S(=O)(=O)c2ccc(C)cc2)cc1OC. The van der Waals surface area contributed by atoms with Crippen LogP contribution in [0.2, 0.25) is 5.02 Å². The van der Waals surface area contributed by atoms with Crippen molar-refractivity contribution in [2.24, 2.45) is 0 Å². The fourth-order valence-corrected chi connectivity index (χ4v) is 6.40. The summed E-state index contributed by atoms with van der Waals surface area (Å²) in [7, 11) is -0.907. The molecule has 2 heterocycles. The third-order valence-electron chi connectivity index (χ3n) is 7.15. The molecular weight excluding hydrogens is 592 g/mol. The van der Waals surface area contributed by atoms with Crippen molar-refractivity contribution in [2.45, 2.75) is 30.8 Å². The maximum absolute atomic E-state index is 13.7. The average molecular weight is 625 g/mol. The number of aryl methyl sites for hydroxylation is 1. The highest BCUT2D eigenvalue weighted by atomic mass is 35.5. The molecular formula is C31H33ClN4O6S. The minimum Gasteiger partial charge on any atom is -0.493 e. The van der Waals surface area contributed by atoms with Gasteiger partial charge in [0.25, 0.3) is 0 Å². The monoisotopic (exact) mass is 624 g/mol. The normalized spacial score (nSPS) is 15.0. The number of hydrogen-bond acceptors (Lipinski definition) is 7. The van der Waals surface area contributed by atoms with Crippen molar-refractivity contribution in [3.63, 3.8) is 0 Å². The molecule has 0 saturated carbocycles. The Morgan fingerprint density at radius 2 is 1.79 bits per heavy atom. The molecule has 0 aliphatic carbocycles. The van der Waals surface area contributed by atoms with E-state index in [4.69, 9.17) is 25.8 Å². The fraction of sp³-hybridized carbons (Fsp3) is 0.290. The van der Waals surface area contributed by atoms with Gasteiger partial charge < -0.3 is 14.2 Å². The van der Waals surface area contributed by atoms with Crippen molar-refractivity contribution in [3.05, 3.63) is 83.5 Å². The quantitative estimate of drug-likeness (QED) is 0.240. The summed E-state index contributed by atoms with van der Waals surface area (Å²) in [6.07, 6.45) is 3.03. The second kappa shape index (κ2) is 13.2. The molecule has 12 heteroatoms. The molecule has 1 N–H and O–H groups in total. The molecule has 0 spiro atoms. The molecule has 0 radical (unpaired) electrons. The van der Waals surface area contributed by atoms with Crippen LogP contribution in [0.5, 0.6) is 11.5 Å². The van der Waals surface area contributed by atoms with Gasteiger partial charge in [-0.25, -0.2) is 13.4 Å². The number of benzene rings is 3. The van der Waals surface area contributed by atoms with Gasteiger partial charge in [-0.1, -0.05) is 41.4 Å². The van der Waals surface area contributed by atoms with Crippen molar-refractivity contribution in [3.8, 4) is 28.4 Å². The Hall–Kier alpha value is -3.90. The average Bonchev–Trinajstić information content (AvgIpc) is 3.67. The van der Waals surface area contributed by atoms with Crippen molar-refractivity contribution in [1.29, 1.82) is 0 Å². The number of imidazole rings is 1. The summed E-state index contributed by atoms with van der Waals surface area (Å²) in [6.45, 7) is 2.08. The summed E-state index contributed by atoms with van der Waals surface area (Å²) in [5, 5.41) is 3.41. The van der Waals surface area contributed by atoms with E-state index in [9.17, 15) is 13.2 Å². The Bertz CT molecular complexity index is 1680. The molecule has 1 amide bonds. The predicted octanol–water partition coefficient (Wildman–Crippen LogP) is 5.33. The highest BCUT2D eigenvalue weighted by Gasteiger charge is 2.31. The zero-order chi connectivity index (χ0) is 30.6. The van der Waals surface area contributed by atoms with Crippen LogP contribution in [0.15, 0.2) is 77.8 Å². The third-order valence-corrected chi connectivity index (χ3v) is 9.23. The van der Waals surface area contributed by atoms with Gasteiger partial charge in [0.1, 0.15) is 0 Å². The summed E-state index contributed by atoms with van der Waals surface area (Å²) >= 11 is 6.09. The second-order valence-electron chi connectivity index (χ2n) is 10.2. The first-order valence-electron chi connectivity index (χ1n) is 13.7. The highest BCUT2D eigenvalue weighted by molar-refractivity contribution is 7.89. The molecule has 1 aliphatic heterocycles. The van der Waals surface area contributed by atoms with Gasteiger partial charge in [0.05, 0.1) is 43.1 Å². The number of methoxy groups -OCH3 is 2. The first-order valence-corrected chi connectivity index (χ1v) is 15.6. The number of halogens is 1. The number of carbonyl (C=O) groups excluding carboxylic acids is 1. The molecule has 0 unspecified atom stereocenters. The van der Waals surface area contributed by atoms with Gasteiger partial charge in [-0.05, 0) is 56.2 Å². The summed E-state index contributed by atoms with van der Waals surface area (Å²) in [5.41, 5.74) is 2.93. The second-order valence-corrected chi connectivity index (χ2v) is 12.5. The minimum absolute atomic E-state index is 0.0593. The van der Waals surface area contributed by atoms with Crippen molar-refractivity contribution < 1.29 is 27.4 Å². The van der Waals surface area contributed by atoms with Gasteiger partial charge in [-0.3, -0.25) is 14.7 Å². The molecule has 10 nitrogen and oxygen atoms in total. The summed E-state index contributed by atoms with van der Waals surface area (Å²) in [5.74, 6) is 0.683. The molecule has 0 bridgehead atoms. The number of nitrogens with one attached hydrogen (secondary N) is 1. The summed E-state index contributed by atoms with van der Waals surface area (Å²) in [6, 6.07) is 19.0. The number of carbonyl (C=O) groups is 1. The van der Waals surface area contributed by atoms with Gasteiger partial charge >= 0.3 is 0 Å². The molecule has 1 aromatic heterocycles. The van der Waals surface area contributed by atoms with E-state index < -0.39 is 22.5 Å². The van der Waals surface area contributed by atoms with Crippen LogP contribution in [0.25, 0.3) is 16.9 Å². The lowest BCUT2D eigenvalue weighted by Gasteiger charge is -2.24. The first kappa shape index (κ1) is 30.6. The largest absolute Gasteiger partial charge is 0.493 e. The number of ether oxygens (including phenoxy) is 3. The van der Waals surface area contributed by atoms with Crippen LogP contribution in [-0.2, 0) is 19.6 Å². The molecule has 1 aliphatic rings. The lowest BCUT2D eigenvalue weighted by atomic mass is 10.2. The molecule has 43 heavy (non-hydrogen) atoms. The number of rotatable bonds is 11. The number of sulfonamides is 1. The van der Waals surface area contributed by atoms with Crippen LogP contribution in [0.3, 0.4) is 0 Å². The Labute approximate surface area is 256 Å². The van der Waals surface area contributed by atoms with E-state index in [0.717, 1.165) is 24.0 Å². The Kier molecular flexibility index (Phi) is 9.36. The molecule has 1 atom stereocenters. The van der Waals surface area contributed by atoms with Crippen LogP contribution in [0.4, 0.5) is 5.95 Å². The maximum Gasteiger partial charge on any atom is 0.243 e. The van der Waals surface area contributed by atoms with Gasteiger partial charge in [0, 0.05) is 36.0 Å². The lowest BCUT2D eigenvalue weighted by molar-refractivity contribution is -0.116. The van der Waals surface area contributed by atoms with Crippen molar-refractivity contribution >= 4 is 33.5 Å². The first-order chi connectivity index (χ1) is 20.7. The van der Waals surface area contributed by atoms with Gasteiger partial charge in [0.2, 0.25) is 21.9 Å². The van der Waals surface area contributed by atoms with Crippen molar-refractivity contribution in [2.75, 3.05) is 39.2 Å². The van der Waals surface area contributed by atoms with Crippen LogP contribution in [0.1, 0.15) is 18.4 Å². The van der Waals surface area contributed by atoms with E-state index in [1.54, 1.807) is 72.5 Å². The van der Waals surface area contributed by atoms with Gasteiger partial charge in [-0.2, -0.15) is 4.31 Å². The molecule has 226 valence electrons. The topological polar surface area (TPSA) is 112 Å². The molecule has 1 saturated heterocycles. The standard InChI is InChI=1S/C31H33ClN4O6S/c1-21-6-13-26(14-7-21)43(38,39)35(18-25-5-4-16-42-25)20-30(37)34-31-33-27(22-8-10-23(32)11-9-22)19-36(31)24-12-15-28(40-2)29(17-24)41-3/h6-15,17,19,25H,4-5,16,18,20H2,1-3H3,(H,33,34,37)/t25-/m1/s1. The number of amides is 1. The molecule has 4 aromatic rings. The number of nitrogens with zero attached hydrogens (tertiary/aromatic N) is 3. The molecule has 1 fully saturated rings. The zero-order valence-electron chi connectivity index (χ0n) is 24.1. The smallest absolute Gasteiger partial charge is 0.243 e. The highest BCUT2D eigenvalue weighted by Crippen LogP contribution is 2.32. The van der Waals surface area contributed by atoms with E-state index in [1.165, 1.54) is 11.4 Å². The van der Waals surface area contributed by atoms with E-state index in [2.05, 4.69) is 10.3 Å². The fourth-order valence-electron chi connectivity index (χ4n) is 4.85. The van der Waals surface area contributed by atoms with E-state index >= 15 is 0 Å². The number of aromatic nitrogens is 2. The van der Waals surface area contributed by atoms with Crippen LogP contribution >= 0.6 is 11.6 Å². The van der Waals surface area contributed by atoms with Gasteiger partial charge in [-0.15, -0.1) is 0 Å². The molecule has 3 aromatic carbocycles. The van der Waals surface area contributed by atoms with E-state index in [0.29, 0.717) is 34.5 Å². The number of hydrogen-bond donors (Lipinski definition) is 1. The summed E-state index contributed by atoms with van der Waals surface area (Å²) < 4.78 is 46.8. The maximum atomic E-state index is 13.7. The Balaban J connectivity index is 1.48. The predicted molar refractivity (Wildman–Crippen MR) is 165 cm³/mol. The van der Waals surface area contributed by atoms with E-state index in [-0.39, 0.29) is 23.5 Å². The van der Waals surface area contributed by atoms with Crippen LogP contribution < -0.4 is 14.8 Å². The van der Waals surface area contributed by atoms with Crippen molar-refractivity contribution in [1.82, 2.24) is 13.9 Å². The van der Waals surface area contributed by atoms with Gasteiger partial charge in [0.15, 0.2) is 11.5 Å². The Morgan fingerprint density at radius 3 is 2.44 bits per heavy atom. The minimum atomic E-state index is -3.99. The van der Waals surface area contributed by atoms with Crippen LogP contribution in [0, 0.1) is 6.92 Å².